The predicted octanol–water partition coefficient (Wildman–Crippen LogP) is 2.03. The van der Waals surface area contributed by atoms with Crippen LogP contribution >= 0.6 is 36.2 Å². The number of hydrogen-bond acceptors (Lipinski definition) is 5. The Kier molecular flexibility index (Phi) is 9.70. The van der Waals surface area contributed by atoms with Crippen LogP contribution in [0.15, 0.2) is 17.5 Å². The van der Waals surface area contributed by atoms with Crippen molar-refractivity contribution in [2.45, 2.75) is 19.3 Å². The smallest absolute Gasteiger partial charge is 0.230 e. The minimum absolute atomic E-state index is 0. The molecular formula is C17H29Cl2N3O2S. The summed E-state index contributed by atoms with van der Waals surface area (Å²) < 4.78 is 5.41. The van der Waals surface area contributed by atoms with Crippen molar-refractivity contribution in [3.63, 3.8) is 0 Å². The summed E-state index contributed by atoms with van der Waals surface area (Å²) in [4.78, 5) is 18.9. The molecule has 2 N–H and O–H groups in total. The number of nitrogens with two attached hydrogens (primary N) is 1. The number of carbonyl (C=O) groups is 1. The van der Waals surface area contributed by atoms with Crippen LogP contribution in [0.4, 0.5) is 0 Å². The van der Waals surface area contributed by atoms with E-state index in [0.717, 1.165) is 52.0 Å². The van der Waals surface area contributed by atoms with Crippen molar-refractivity contribution in [2.24, 2.45) is 11.1 Å². The van der Waals surface area contributed by atoms with Crippen molar-refractivity contribution in [1.82, 2.24) is 9.80 Å². The van der Waals surface area contributed by atoms with Crippen LogP contribution in [-0.4, -0.2) is 68.2 Å². The Bertz CT molecular complexity index is 502. The molecule has 0 bridgehead atoms. The maximum absolute atomic E-state index is 12.9. The van der Waals surface area contributed by atoms with Crippen LogP contribution in [0.25, 0.3) is 0 Å². The summed E-state index contributed by atoms with van der Waals surface area (Å²) in [6, 6.07) is 4.30. The molecule has 2 saturated heterocycles. The quantitative estimate of drug-likeness (QED) is 0.807. The molecule has 25 heavy (non-hydrogen) atoms. The second-order valence-electron chi connectivity index (χ2n) is 6.56. The van der Waals surface area contributed by atoms with Crippen molar-refractivity contribution in [1.29, 1.82) is 0 Å². The number of piperazine rings is 1. The number of nitrogens with zero attached hydrogens (tertiary/aromatic N) is 2. The first-order valence-electron chi connectivity index (χ1n) is 8.55. The predicted molar refractivity (Wildman–Crippen MR) is 107 cm³/mol. The van der Waals surface area contributed by atoms with Gasteiger partial charge in [0.1, 0.15) is 0 Å². The van der Waals surface area contributed by atoms with E-state index in [4.69, 9.17) is 10.5 Å². The number of ether oxygens (including phenoxy) is 1. The standard InChI is InChI=1S/C17H27N3O2S.2ClH/c18-14-17(4-11-22-12-5-17)16(21)20-9-7-19(8-10-20)6-3-15-2-1-13-23-15;;/h1-2,13H,3-12,14,18H2;2*1H. The van der Waals surface area contributed by atoms with Crippen molar-refractivity contribution in [3.05, 3.63) is 22.4 Å². The molecule has 2 aliphatic heterocycles. The average molecular weight is 410 g/mol. The normalized spacial score (nSPS) is 20.4. The summed E-state index contributed by atoms with van der Waals surface area (Å²) >= 11 is 1.82. The second-order valence-corrected chi connectivity index (χ2v) is 7.59. The minimum atomic E-state index is -0.378. The van der Waals surface area contributed by atoms with Gasteiger partial charge in [-0.05, 0) is 30.7 Å². The number of thiophene rings is 1. The molecule has 1 aromatic rings. The third-order valence-electron chi connectivity index (χ3n) is 5.21. The lowest BCUT2D eigenvalue weighted by Crippen LogP contribution is -2.56. The van der Waals surface area contributed by atoms with E-state index in [0.29, 0.717) is 19.8 Å². The molecular weight excluding hydrogens is 381 g/mol. The third kappa shape index (κ3) is 5.55. The van der Waals surface area contributed by atoms with Gasteiger partial charge in [-0.3, -0.25) is 9.69 Å². The molecule has 2 fully saturated rings. The van der Waals surface area contributed by atoms with Crippen molar-refractivity contribution >= 4 is 42.1 Å². The van der Waals surface area contributed by atoms with Gasteiger partial charge in [0.2, 0.25) is 5.91 Å². The Morgan fingerprint density at radius 3 is 2.44 bits per heavy atom. The molecule has 3 heterocycles. The molecule has 0 spiro atoms. The molecule has 1 aromatic heterocycles. The maximum atomic E-state index is 12.9. The van der Waals surface area contributed by atoms with E-state index in [1.54, 1.807) is 0 Å². The minimum Gasteiger partial charge on any atom is -0.381 e. The lowest BCUT2D eigenvalue weighted by atomic mass is 9.78. The van der Waals surface area contributed by atoms with Crippen molar-refractivity contribution in [3.8, 4) is 0 Å². The van der Waals surface area contributed by atoms with Crippen LogP contribution in [-0.2, 0) is 16.0 Å². The number of hydrogen-bond donors (Lipinski definition) is 1. The van der Waals surface area contributed by atoms with Gasteiger partial charge in [0.15, 0.2) is 0 Å². The molecule has 0 atom stereocenters. The van der Waals surface area contributed by atoms with Crippen molar-refractivity contribution < 1.29 is 9.53 Å². The monoisotopic (exact) mass is 409 g/mol. The van der Waals surface area contributed by atoms with E-state index < -0.39 is 0 Å². The van der Waals surface area contributed by atoms with E-state index in [2.05, 4.69) is 22.4 Å². The highest BCUT2D eigenvalue weighted by Gasteiger charge is 2.41. The first-order valence-corrected chi connectivity index (χ1v) is 9.43. The Balaban J connectivity index is 0.00000156. The van der Waals surface area contributed by atoms with Gasteiger partial charge in [0.25, 0.3) is 0 Å². The molecule has 3 rings (SSSR count). The first-order chi connectivity index (χ1) is 11.2. The lowest BCUT2D eigenvalue weighted by Gasteiger charge is -2.42. The Morgan fingerprint density at radius 2 is 1.88 bits per heavy atom. The summed E-state index contributed by atoms with van der Waals surface area (Å²) in [7, 11) is 0. The summed E-state index contributed by atoms with van der Waals surface area (Å²) in [6.45, 7) is 6.42. The number of rotatable bonds is 5. The fourth-order valence-electron chi connectivity index (χ4n) is 3.50. The fourth-order valence-corrected chi connectivity index (χ4v) is 4.20. The molecule has 5 nitrogen and oxygen atoms in total. The van der Waals surface area contributed by atoms with E-state index in [1.807, 2.05) is 16.2 Å². The molecule has 0 aromatic carbocycles. The highest BCUT2D eigenvalue weighted by molar-refractivity contribution is 7.09. The van der Waals surface area contributed by atoms with Gasteiger partial charge >= 0.3 is 0 Å². The number of carbonyl (C=O) groups excluding carboxylic acids is 1. The number of halogens is 2. The van der Waals surface area contributed by atoms with Gasteiger partial charge < -0.3 is 15.4 Å². The molecule has 144 valence electrons. The summed E-state index contributed by atoms with van der Waals surface area (Å²) in [6.07, 6.45) is 2.64. The maximum Gasteiger partial charge on any atom is 0.230 e. The molecule has 0 unspecified atom stereocenters. The van der Waals surface area contributed by atoms with Gasteiger partial charge in [-0.25, -0.2) is 0 Å². The molecule has 0 radical (unpaired) electrons. The Labute approximate surface area is 166 Å². The lowest BCUT2D eigenvalue weighted by molar-refractivity contribution is -0.149. The third-order valence-corrected chi connectivity index (χ3v) is 6.14. The zero-order chi connectivity index (χ0) is 16.1. The van der Waals surface area contributed by atoms with Crippen LogP contribution in [0.1, 0.15) is 17.7 Å². The Hall–Kier alpha value is -0.370. The fraction of sp³-hybridized carbons (Fsp3) is 0.706. The van der Waals surface area contributed by atoms with E-state index in [9.17, 15) is 4.79 Å². The molecule has 1 amide bonds. The average Bonchev–Trinajstić information content (AvgIpc) is 3.14. The zero-order valence-corrected chi connectivity index (χ0v) is 17.0. The summed E-state index contributed by atoms with van der Waals surface area (Å²) in [5.41, 5.74) is 5.59. The zero-order valence-electron chi connectivity index (χ0n) is 14.5. The van der Waals surface area contributed by atoms with Gasteiger partial charge in [0, 0.05) is 57.4 Å². The van der Waals surface area contributed by atoms with Crippen molar-refractivity contribution in [2.75, 3.05) is 52.5 Å². The SMILES string of the molecule is Cl.Cl.NCC1(C(=O)N2CCN(CCc3cccs3)CC2)CCOCC1. The molecule has 2 aliphatic rings. The second kappa shape index (κ2) is 10.7. The Morgan fingerprint density at radius 1 is 1.20 bits per heavy atom. The van der Waals surface area contributed by atoms with Gasteiger partial charge in [0.05, 0.1) is 5.41 Å². The van der Waals surface area contributed by atoms with E-state index in [-0.39, 0.29) is 36.1 Å². The van der Waals surface area contributed by atoms with E-state index >= 15 is 0 Å². The van der Waals surface area contributed by atoms with Gasteiger partial charge in [-0.1, -0.05) is 6.07 Å². The summed E-state index contributed by atoms with van der Waals surface area (Å²) in [5, 5.41) is 2.13. The highest BCUT2D eigenvalue weighted by Crippen LogP contribution is 2.32. The number of amides is 1. The molecule has 0 aliphatic carbocycles. The van der Waals surface area contributed by atoms with Crippen LogP contribution in [0.3, 0.4) is 0 Å². The first kappa shape index (κ1) is 22.7. The topological polar surface area (TPSA) is 58.8 Å². The van der Waals surface area contributed by atoms with Crippen LogP contribution in [0, 0.1) is 5.41 Å². The van der Waals surface area contributed by atoms with Crippen LogP contribution < -0.4 is 5.73 Å². The molecule has 0 saturated carbocycles. The van der Waals surface area contributed by atoms with E-state index in [1.165, 1.54) is 4.88 Å². The van der Waals surface area contributed by atoms with Crippen LogP contribution in [0.2, 0.25) is 0 Å². The largest absolute Gasteiger partial charge is 0.381 e. The van der Waals surface area contributed by atoms with Gasteiger partial charge in [-0.2, -0.15) is 0 Å². The molecule has 8 heteroatoms. The highest BCUT2D eigenvalue weighted by atomic mass is 35.5. The van der Waals surface area contributed by atoms with Gasteiger partial charge in [-0.15, -0.1) is 36.2 Å². The van der Waals surface area contributed by atoms with Crippen LogP contribution in [0.5, 0.6) is 0 Å². The summed E-state index contributed by atoms with van der Waals surface area (Å²) in [5.74, 6) is 0.251.